The number of nitrogens with zero attached hydrogens (tertiary/aromatic N) is 1. The second kappa shape index (κ2) is 3.05. The van der Waals surface area contributed by atoms with Gasteiger partial charge in [0.1, 0.15) is 5.76 Å². The van der Waals surface area contributed by atoms with Crippen molar-refractivity contribution >= 4 is 5.78 Å². The van der Waals surface area contributed by atoms with Crippen LogP contribution in [0.3, 0.4) is 0 Å². The van der Waals surface area contributed by atoms with E-state index in [2.05, 4.69) is 0 Å². The van der Waals surface area contributed by atoms with Crippen molar-refractivity contribution in [2.75, 3.05) is 14.1 Å². The van der Waals surface area contributed by atoms with E-state index in [-0.39, 0.29) is 17.6 Å². The molecule has 0 fully saturated rings. The van der Waals surface area contributed by atoms with Crippen LogP contribution in [0.2, 0.25) is 0 Å². The molecule has 0 aromatic heterocycles. The maximum atomic E-state index is 10.8. The summed E-state index contributed by atoms with van der Waals surface area (Å²) < 4.78 is 0. The Kier molecular flexibility index (Phi) is 2.29. The number of carbonyl (C=O) groups is 1. The number of aliphatic hydroxyl groups excluding tert-OH is 1. The molecule has 0 saturated heterocycles. The molecule has 0 bridgehead atoms. The van der Waals surface area contributed by atoms with Crippen molar-refractivity contribution in [1.82, 2.24) is 4.90 Å². The largest absolute Gasteiger partial charge is 0.511 e. The van der Waals surface area contributed by atoms with Crippen molar-refractivity contribution < 1.29 is 9.90 Å². The van der Waals surface area contributed by atoms with Crippen LogP contribution >= 0.6 is 0 Å². The second-order valence-electron chi connectivity index (χ2n) is 3.05. The van der Waals surface area contributed by atoms with Crippen LogP contribution < -0.4 is 0 Å². The fourth-order valence-electron chi connectivity index (χ4n) is 1.28. The van der Waals surface area contributed by atoms with Gasteiger partial charge in [0.15, 0.2) is 5.78 Å². The first-order chi connectivity index (χ1) is 5.11. The molecule has 0 radical (unpaired) electrons. The first-order valence-electron chi connectivity index (χ1n) is 3.71. The lowest BCUT2D eigenvalue weighted by Gasteiger charge is -2.25. The van der Waals surface area contributed by atoms with Crippen molar-refractivity contribution in [1.29, 1.82) is 0 Å². The van der Waals surface area contributed by atoms with Gasteiger partial charge in [-0.15, -0.1) is 0 Å². The van der Waals surface area contributed by atoms with Gasteiger partial charge in [0.05, 0.1) is 6.04 Å². The molecule has 1 aliphatic rings. The predicted molar refractivity (Wildman–Crippen MR) is 42.4 cm³/mol. The SMILES string of the molecule is CN(C)C1CCC(=O)C=C1O. The lowest BCUT2D eigenvalue weighted by molar-refractivity contribution is -0.115. The number of allylic oxidation sites excluding steroid dienone is 1. The average molecular weight is 155 g/mol. The zero-order valence-corrected chi connectivity index (χ0v) is 6.87. The van der Waals surface area contributed by atoms with Crippen LogP contribution in [0.25, 0.3) is 0 Å². The van der Waals surface area contributed by atoms with E-state index in [1.54, 1.807) is 0 Å². The quantitative estimate of drug-likeness (QED) is 0.606. The highest BCUT2D eigenvalue weighted by molar-refractivity contribution is 5.91. The highest BCUT2D eigenvalue weighted by Gasteiger charge is 2.22. The molecule has 0 saturated carbocycles. The smallest absolute Gasteiger partial charge is 0.159 e. The summed E-state index contributed by atoms with van der Waals surface area (Å²) in [6.45, 7) is 0. The molecule has 3 heteroatoms. The zero-order valence-electron chi connectivity index (χ0n) is 6.87. The third kappa shape index (κ3) is 1.80. The minimum atomic E-state index is 0.0283. The van der Waals surface area contributed by atoms with Gasteiger partial charge in [-0.05, 0) is 20.5 Å². The van der Waals surface area contributed by atoms with E-state index in [1.807, 2.05) is 19.0 Å². The fraction of sp³-hybridized carbons (Fsp3) is 0.625. The lowest BCUT2D eigenvalue weighted by Crippen LogP contribution is -2.33. The monoisotopic (exact) mass is 155 g/mol. The van der Waals surface area contributed by atoms with E-state index in [9.17, 15) is 9.90 Å². The Bertz CT molecular complexity index is 196. The molecule has 0 aliphatic heterocycles. The van der Waals surface area contributed by atoms with Crippen LogP contribution in [0.4, 0.5) is 0 Å². The summed E-state index contributed by atoms with van der Waals surface area (Å²) in [7, 11) is 3.79. The molecule has 11 heavy (non-hydrogen) atoms. The Labute approximate surface area is 66.3 Å². The summed E-state index contributed by atoms with van der Waals surface area (Å²) in [6, 6.07) is 0.0349. The first-order valence-corrected chi connectivity index (χ1v) is 3.71. The molecule has 0 amide bonds. The number of aliphatic hydroxyl groups is 1. The topological polar surface area (TPSA) is 40.5 Å². The van der Waals surface area contributed by atoms with Crippen LogP contribution in [0.15, 0.2) is 11.8 Å². The van der Waals surface area contributed by atoms with Gasteiger partial charge >= 0.3 is 0 Å². The minimum Gasteiger partial charge on any atom is -0.511 e. The van der Waals surface area contributed by atoms with E-state index in [0.717, 1.165) is 6.42 Å². The predicted octanol–water partition coefficient (Wildman–Crippen LogP) is 0.721. The van der Waals surface area contributed by atoms with Gasteiger partial charge in [0.2, 0.25) is 0 Å². The summed E-state index contributed by atoms with van der Waals surface area (Å²) in [6.07, 6.45) is 2.61. The normalized spacial score (nSPS) is 25.5. The number of rotatable bonds is 1. The van der Waals surface area contributed by atoms with Gasteiger partial charge in [0.25, 0.3) is 0 Å². The lowest BCUT2D eigenvalue weighted by atomic mass is 9.99. The molecule has 62 valence electrons. The number of likely N-dealkylation sites (N-methyl/N-ethyl adjacent to an activating group) is 1. The third-order valence-electron chi connectivity index (χ3n) is 1.94. The summed E-state index contributed by atoms with van der Waals surface area (Å²) in [5.41, 5.74) is 0. The van der Waals surface area contributed by atoms with Gasteiger partial charge in [-0.3, -0.25) is 9.69 Å². The highest BCUT2D eigenvalue weighted by atomic mass is 16.3. The first kappa shape index (κ1) is 8.27. The van der Waals surface area contributed by atoms with E-state index in [4.69, 9.17) is 0 Å². The number of hydrogen-bond acceptors (Lipinski definition) is 3. The van der Waals surface area contributed by atoms with Gasteiger partial charge in [-0.25, -0.2) is 0 Å². The van der Waals surface area contributed by atoms with Crippen LogP contribution in [0, 0.1) is 0 Å². The van der Waals surface area contributed by atoms with Crippen LogP contribution in [0.5, 0.6) is 0 Å². The molecular weight excluding hydrogens is 142 g/mol. The Morgan fingerprint density at radius 3 is 2.73 bits per heavy atom. The molecule has 1 unspecified atom stereocenters. The van der Waals surface area contributed by atoms with E-state index in [0.29, 0.717) is 6.42 Å². The molecule has 0 spiro atoms. The van der Waals surface area contributed by atoms with E-state index >= 15 is 0 Å². The van der Waals surface area contributed by atoms with Crippen molar-refractivity contribution in [3.05, 3.63) is 11.8 Å². The Morgan fingerprint density at radius 2 is 2.27 bits per heavy atom. The standard InChI is InChI=1S/C8H13NO2/c1-9(2)7-4-3-6(10)5-8(7)11/h5,7,11H,3-4H2,1-2H3. The van der Waals surface area contributed by atoms with Crippen LogP contribution in [-0.2, 0) is 4.79 Å². The zero-order chi connectivity index (χ0) is 8.43. The van der Waals surface area contributed by atoms with Crippen molar-refractivity contribution in [3.8, 4) is 0 Å². The van der Waals surface area contributed by atoms with Crippen LogP contribution in [0.1, 0.15) is 12.8 Å². The fourth-order valence-corrected chi connectivity index (χ4v) is 1.28. The number of carbonyl (C=O) groups excluding carboxylic acids is 1. The number of hydrogen-bond donors (Lipinski definition) is 1. The molecule has 1 rings (SSSR count). The number of ketones is 1. The van der Waals surface area contributed by atoms with Crippen LogP contribution in [-0.4, -0.2) is 35.9 Å². The van der Waals surface area contributed by atoms with Crippen molar-refractivity contribution in [2.24, 2.45) is 0 Å². The molecule has 0 aromatic rings. The maximum Gasteiger partial charge on any atom is 0.159 e. The Morgan fingerprint density at radius 1 is 1.64 bits per heavy atom. The molecule has 1 N–H and O–H groups in total. The van der Waals surface area contributed by atoms with E-state index < -0.39 is 0 Å². The van der Waals surface area contributed by atoms with Gasteiger partial charge in [0, 0.05) is 12.5 Å². The van der Waals surface area contributed by atoms with Crippen molar-refractivity contribution in [3.63, 3.8) is 0 Å². The maximum absolute atomic E-state index is 10.8. The molecule has 3 nitrogen and oxygen atoms in total. The molecule has 1 aliphatic carbocycles. The molecule has 0 heterocycles. The summed E-state index contributed by atoms with van der Waals surface area (Å²) in [4.78, 5) is 12.7. The minimum absolute atomic E-state index is 0.0283. The van der Waals surface area contributed by atoms with Crippen molar-refractivity contribution in [2.45, 2.75) is 18.9 Å². The van der Waals surface area contributed by atoms with Gasteiger partial charge < -0.3 is 5.11 Å². The van der Waals surface area contributed by atoms with Gasteiger partial charge in [-0.1, -0.05) is 0 Å². The highest BCUT2D eigenvalue weighted by Crippen LogP contribution is 2.17. The Balaban J connectivity index is 2.72. The second-order valence-corrected chi connectivity index (χ2v) is 3.05. The third-order valence-corrected chi connectivity index (χ3v) is 1.94. The average Bonchev–Trinajstić information content (AvgIpc) is 1.85. The van der Waals surface area contributed by atoms with E-state index in [1.165, 1.54) is 6.08 Å². The molecule has 0 aromatic carbocycles. The molecule has 1 atom stereocenters. The Hall–Kier alpha value is -0.830. The summed E-state index contributed by atoms with van der Waals surface area (Å²) in [5.74, 6) is 0.229. The molecular formula is C8H13NO2. The summed E-state index contributed by atoms with van der Waals surface area (Å²) in [5, 5.41) is 9.31. The van der Waals surface area contributed by atoms with Gasteiger partial charge in [-0.2, -0.15) is 0 Å². The summed E-state index contributed by atoms with van der Waals surface area (Å²) >= 11 is 0.